The van der Waals surface area contributed by atoms with Crippen LogP contribution in [0.4, 0.5) is 5.13 Å². The maximum Gasteiger partial charge on any atom is 0.226 e. The zero-order valence-corrected chi connectivity index (χ0v) is 16.9. The average Bonchev–Trinajstić information content (AvgIpc) is 3.20. The number of aromatic nitrogens is 2. The summed E-state index contributed by atoms with van der Waals surface area (Å²) in [5.41, 5.74) is 3.45. The van der Waals surface area contributed by atoms with Crippen molar-refractivity contribution >= 4 is 22.4 Å². The smallest absolute Gasteiger partial charge is 0.226 e. The molecule has 6 heteroatoms. The topological polar surface area (TPSA) is 68.0 Å². The van der Waals surface area contributed by atoms with Gasteiger partial charge < -0.3 is 9.84 Å². The van der Waals surface area contributed by atoms with E-state index in [1.807, 2.05) is 13.8 Å². The molecule has 0 spiro atoms. The molecule has 0 aromatic carbocycles. The highest BCUT2D eigenvalue weighted by atomic mass is 32.1. The molecular formula is C21H27N3O2S. The van der Waals surface area contributed by atoms with Crippen molar-refractivity contribution in [2.24, 2.45) is 17.8 Å². The van der Waals surface area contributed by atoms with Crippen LogP contribution >= 0.6 is 11.3 Å². The molecule has 2 aromatic heterocycles. The molecule has 4 aliphatic rings. The maximum atomic E-state index is 12.4. The van der Waals surface area contributed by atoms with Crippen molar-refractivity contribution in [3.8, 4) is 0 Å². The van der Waals surface area contributed by atoms with Crippen molar-refractivity contribution < 1.29 is 9.32 Å². The summed E-state index contributed by atoms with van der Waals surface area (Å²) in [4.78, 5) is 17.3. The highest BCUT2D eigenvalue weighted by Crippen LogP contribution is 2.60. The quantitative estimate of drug-likeness (QED) is 0.804. The number of anilines is 1. The molecule has 4 fully saturated rings. The van der Waals surface area contributed by atoms with Crippen LogP contribution in [0.5, 0.6) is 0 Å². The Morgan fingerprint density at radius 2 is 1.89 bits per heavy atom. The minimum absolute atomic E-state index is 0.0152. The van der Waals surface area contributed by atoms with Crippen LogP contribution in [0, 0.1) is 31.6 Å². The van der Waals surface area contributed by atoms with Crippen molar-refractivity contribution in [3.63, 3.8) is 0 Å². The predicted octanol–water partition coefficient (Wildman–Crippen LogP) is 4.79. The van der Waals surface area contributed by atoms with Gasteiger partial charge in [0.25, 0.3) is 0 Å². The van der Waals surface area contributed by atoms with E-state index in [0.29, 0.717) is 18.3 Å². The van der Waals surface area contributed by atoms with E-state index >= 15 is 0 Å². The molecule has 5 nitrogen and oxygen atoms in total. The summed E-state index contributed by atoms with van der Waals surface area (Å²) >= 11 is 1.58. The first-order chi connectivity index (χ1) is 13.0. The minimum Gasteiger partial charge on any atom is -0.361 e. The van der Waals surface area contributed by atoms with Gasteiger partial charge in [-0.1, -0.05) is 5.16 Å². The molecule has 6 rings (SSSR count). The summed E-state index contributed by atoms with van der Waals surface area (Å²) in [6.45, 7) is 3.81. The average molecular weight is 386 g/mol. The number of hydrogen-bond donors (Lipinski definition) is 1. The number of nitrogens with zero attached hydrogens (tertiary/aromatic N) is 2. The van der Waals surface area contributed by atoms with E-state index in [1.165, 1.54) is 44.2 Å². The zero-order chi connectivity index (χ0) is 18.6. The van der Waals surface area contributed by atoms with Gasteiger partial charge in [-0.05, 0) is 76.5 Å². The molecule has 0 saturated heterocycles. The third-order valence-electron chi connectivity index (χ3n) is 7.12. The molecule has 0 atom stereocenters. The van der Waals surface area contributed by atoms with E-state index in [4.69, 9.17) is 9.51 Å². The van der Waals surface area contributed by atoms with E-state index < -0.39 is 0 Å². The number of carbonyl (C=O) groups excluding carboxylic acids is 1. The summed E-state index contributed by atoms with van der Waals surface area (Å²) < 4.78 is 5.17. The van der Waals surface area contributed by atoms with Gasteiger partial charge in [0.15, 0.2) is 5.13 Å². The summed E-state index contributed by atoms with van der Waals surface area (Å²) in [5.74, 6) is 3.54. The summed E-state index contributed by atoms with van der Waals surface area (Å²) in [5, 5.41) is 9.93. The lowest BCUT2D eigenvalue weighted by Gasteiger charge is -2.56. The first kappa shape index (κ1) is 17.4. The van der Waals surface area contributed by atoms with E-state index in [2.05, 4.69) is 15.9 Å². The maximum absolute atomic E-state index is 12.4. The number of hydrogen-bond acceptors (Lipinski definition) is 5. The Kier molecular flexibility index (Phi) is 4.15. The molecule has 4 aliphatic carbocycles. The molecule has 0 unspecified atom stereocenters. The Labute approximate surface area is 163 Å². The van der Waals surface area contributed by atoms with Gasteiger partial charge in [-0.2, -0.15) is 0 Å². The van der Waals surface area contributed by atoms with Gasteiger partial charge in [-0.15, -0.1) is 11.3 Å². The lowest BCUT2D eigenvalue weighted by molar-refractivity contribution is -0.116. The van der Waals surface area contributed by atoms with Crippen LogP contribution in [0.3, 0.4) is 0 Å². The molecule has 1 N–H and O–H groups in total. The fraction of sp³-hybridized carbons (Fsp3) is 0.667. The van der Waals surface area contributed by atoms with Gasteiger partial charge in [0.05, 0.1) is 11.4 Å². The minimum atomic E-state index is 0.0152. The van der Waals surface area contributed by atoms with Crippen LogP contribution in [0.25, 0.3) is 0 Å². The molecule has 2 aromatic rings. The molecular weight excluding hydrogens is 358 g/mol. The van der Waals surface area contributed by atoms with Crippen LogP contribution in [-0.4, -0.2) is 16.0 Å². The van der Waals surface area contributed by atoms with E-state index in [0.717, 1.165) is 39.9 Å². The van der Waals surface area contributed by atoms with Gasteiger partial charge in [0.1, 0.15) is 5.76 Å². The normalized spacial score (nSPS) is 31.4. The van der Waals surface area contributed by atoms with Gasteiger partial charge in [0.2, 0.25) is 5.91 Å². The monoisotopic (exact) mass is 385 g/mol. The molecule has 27 heavy (non-hydrogen) atoms. The zero-order valence-electron chi connectivity index (χ0n) is 16.1. The first-order valence-corrected chi connectivity index (χ1v) is 11.1. The van der Waals surface area contributed by atoms with E-state index in [9.17, 15) is 4.79 Å². The third-order valence-corrected chi connectivity index (χ3v) is 7.87. The van der Waals surface area contributed by atoms with E-state index in [1.54, 1.807) is 11.3 Å². The predicted molar refractivity (Wildman–Crippen MR) is 105 cm³/mol. The molecule has 0 aliphatic heterocycles. The van der Waals surface area contributed by atoms with Gasteiger partial charge in [-0.25, -0.2) is 4.98 Å². The highest BCUT2D eigenvalue weighted by molar-refractivity contribution is 7.13. The van der Waals surface area contributed by atoms with Crippen LogP contribution in [0.1, 0.15) is 67.7 Å². The van der Waals surface area contributed by atoms with Gasteiger partial charge in [-0.3, -0.25) is 4.79 Å². The Balaban J connectivity index is 1.24. The second kappa shape index (κ2) is 6.43. The lowest BCUT2D eigenvalue weighted by atomic mass is 9.49. The van der Waals surface area contributed by atoms with E-state index in [-0.39, 0.29) is 5.91 Å². The second-order valence-corrected chi connectivity index (χ2v) is 9.94. The van der Waals surface area contributed by atoms with Crippen LogP contribution in [0.2, 0.25) is 0 Å². The van der Waals surface area contributed by atoms with Crippen molar-refractivity contribution in [1.29, 1.82) is 0 Å². The van der Waals surface area contributed by atoms with Crippen LogP contribution in [0.15, 0.2) is 9.90 Å². The van der Waals surface area contributed by atoms with Crippen molar-refractivity contribution in [1.82, 2.24) is 10.1 Å². The molecule has 1 amide bonds. The largest absolute Gasteiger partial charge is 0.361 e. The number of carbonyl (C=O) groups is 1. The summed E-state index contributed by atoms with van der Waals surface area (Å²) in [6, 6.07) is 0. The number of rotatable bonds is 5. The number of nitrogens with one attached hydrogen (secondary N) is 1. The fourth-order valence-electron chi connectivity index (χ4n) is 6.28. The molecule has 4 bridgehead atoms. The summed E-state index contributed by atoms with van der Waals surface area (Å²) in [6.07, 6.45) is 9.32. The van der Waals surface area contributed by atoms with Gasteiger partial charge in [0, 0.05) is 22.8 Å². The summed E-state index contributed by atoms with van der Waals surface area (Å²) in [7, 11) is 0. The van der Waals surface area contributed by atoms with Crippen molar-refractivity contribution in [2.45, 2.75) is 70.6 Å². The number of amides is 1. The third kappa shape index (κ3) is 3.12. The Morgan fingerprint density at radius 3 is 2.48 bits per heavy atom. The molecule has 0 radical (unpaired) electrons. The number of thiazole rings is 1. The van der Waals surface area contributed by atoms with Crippen LogP contribution < -0.4 is 5.32 Å². The Bertz CT molecular complexity index is 814. The Morgan fingerprint density at radius 1 is 1.22 bits per heavy atom. The van der Waals surface area contributed by atoms with Gasteiger partial charge >= 0.3 is 0 Å². The Hall–Kier alpha value is -1.69. The molecule has 144 valence electrons. The van der Waals surface area contributed by atoms with Crippen molar-refractivity contribution in [2.75, 3.05) is 5.32 Å². The highest BCUT2D eigenvalue weighted by Gasteiger charge is 2.52. The molecule has 4 saturated carbocycles. The SMILES string of the molecule is Cc1noc(C)c1CCC(=O)Nc1nc(C23CC4CC(CC(C4)C2)C3)cs1. The molecule has 2 heterocycles. The second-order valence-electron chi connectivity index (χ2n) is 9.09. The number of aryl methyl sites for hydroxylation is 2. The van der Waals surface area contributed by atoms with Crippen LogP contribution in [-0.2, 0) is 16.6 Å². The lowest BCUT2D eigenvalue weighted by Crippen LogP contribution is -2.48. The standard InChI is InChI=1S/C21H27N3O2S/c1-12-17(13(2)26-24-12)3-4-19(25)23-20-22-18(11-27-20)21-8-14-5-15(9-21)7-16(6-14)10-21/h11,14-16H,3-10H2,1-2H3,(H,22,23,25). The fourth-order valence-corrected chi connectivity index (χ4v) is 7.13. The van der Waals surface area contributed by atoms with Crippen molar-refractivity contribution in [3.05, 3.63) is 28.1 Å². The first-order valence-electron chi connectivity index (χ1n) is 10.2.